The molecule has 0 bridgehead atoms. The summed E-state index contributed by atoms with van der Waals surface area (Å²) in [6, 6.07) is -0.777. The van der Waals surface area contributed by atoms with Crippen LogP contribution in [-0.2, 0) is 9.59 Å². The van der Waals surface area contributed by atoms with Crippen LogP contribution in [0.15, 0.2) is 0 Å². The normalized spacial score (nSPS) is 14.9. The van der Waals surface area contributed by atoms with Crippen LogP contribution in [0.5, 0.6) is 0 Å². The second kappa shape index (κ2) is 7.67. The first kappa shape index (κ1) is 17.3. The molecule has 18 heavy (non-hydrogen) atoms. The number of amides is 1. The third-order valence-corrected chi connectivity index (χ3v) is 3.50. The lowest BCUT2D eigenvalue weighted by Gasteiger charge is -2.22. The Hall–Kier alpha value is -0.710. The fourth-order valence-corrected chi connectivity index (χ4v) is 2.13. The number of nitrogens with one attached hydrogen (secondary N) is 1. The van der Waals surface area contributed by atoms with E-state index in [9.17, 15) is 9.59 Å². The Labute approximate surface area is 114 Å². The molecule has 0 saturated carbocycles. The van der Waals surface area contributed by atoms with E-state index >= 15 is 0 Å². The van der Waals surface area contributed by atoms with E-state index in [-0.39, 0.29) is 17.2 Å². The zero-order chi connectivity index (χ0) is 14.3. The summed E-state index contributed by atoms with van der Waals surface area (Å²) in [7, 11) is 0. The third-order valence-electron chi connectivity index (χ3n) is 2.66. The summed E-state index contributed by atoms with van der Waals surface area (Å²) in [5.74, 6) is -0.580. The zero-order valence-corrected chi connectivity index (χ0v) is 12.8. The van der Waals surface area contributed by atoms with Gasteiger partial charge in [0.1, 0.15) is 6.04 Å². The molecule has 0 saturated heterocycles. The molecule has 0 aromatic heterocycles. The maximum atomic E-state index is 11.8. The van der Waals surface area contributed by atoms with Gasteiger partial charge in [-0.25, -0.2) is 4.79 Å². The Bertz CT molecular complexity index is 286. The Morgan fingerprint density at radius 1 is 1.33 bits per heavy atom. The van der Waals surface area contributed by atoms with E-state index in [1.165, 1.54) is 0 Å². The highest BCUT2D eigenvalue weighted by atomic mass is 32.2. The van der Waals surface area contributed by atoms with Crippen molar-refractivity contribution in [2.24, 2.45) is 11.3 Å². The molecule has 1 amide bonds. The maximum Gasteiger partial charge on any atom is 0.326 e. The van der Waals surface area contributed by atoms with Gasteiger partial charge < -0.3 is 10.4 Å². The number of aliphatic carboxylic acids is 1. The van der Waals surface area contributed by atoms with Crippen molar-refractivity contribution in [2.45, 2.75) is 46.6 Å². The van der Waals surface area contributed by atoms with Crippen LogP contribution in [0, 0.1) is 11.3 Å². The number of carboxylic acid groups (broad SMARTS) is 1. The molecule has 2 unspecified atom stereocenters. The molecule has 0 aliphatic rings. The molecule has 5 heteroatoms. The van der Waals surface area contributed by atoms with Gasteiger partial charge in [-0.3, -0.25) is 4.79 Å². The van der Waals surface area contributed by atoms with Crippen molar-refractivity contribution >= 4 is 23.6 Å². The standard InChI is InChI=1S/C13H25NO3S/c1-9(8-18-5)11(15)14-10(12(16)17)6-7-13(2,3)4/h9-10H,6-8H2,1-5H3,(H,14,15)(H,16,17). The smallest absolute Gasteiger partial charge is 0.326 e. The van der Waals surface area contributed by atoms with Gasteiger partial charge in [-0.05, 0) is 24.5 Å². The van der Waals surface area contributed by atoms with E-state index in [1.807, 2.05) is 13.2 Å². The van der Waals surface area contributed by atoms with Crippen LogP contribution in [0.4, 0.5) is 0 Å². The van der Waals surface area contributed by atoms with E-state index in [4.69, 9.17) is 5.11 Å². The number of carbonyl (C=O) groups excluding carboxylic acids is 1. The van der Waals surface area contributed by atoms with E-state index in [2.05, 4.69) is 26.1 Å². The first-order valence-corrected chi connectivity index (χ1v) is 7.59. The molecule has 2 atom stereocenters. The second-order valence-electron chi connectivity index (χ2n) is 5.86. The van der Waals surface area contributed by atoms with E-state index < -0.39 is 12.0 Å². The van der Waals surface area contributed by atoms with Crippen molar-refractivity contribution in [2.75, 3.05) is 12.0 Å². The van der Waals surface area contributed by atoms with Crippen LogP contribution in [0.1, 0.15) is 40.5 Å². The largest absolute Gasteiger partial charge is 0.480 e. The molecule has 0 heterocycles. The van der Waals surface area contributed by atoms with Gasteiger partial charge >= 0.3 is 5.97 Å². The molecular formula is C13H25NO3S. The summed E-state index contributed by atoms with van der Waals surface area (Å²) >= 11 is 1.58. The van der Waals surface area contributed by atoms with Gasteiger partial charge in [-0.15, -0.1) is 0 Å². The lowest BCUT2D eigenvalue weighted by atomic mass is 9.88. The third kappa shape index (κ3) is 7.58. The highest BCUT2D eigenvalue weighted by Gasteiger charge is 2.24. The van der Waals surface area contributed by atoms with E-state index in [1.54, 1.807) is 11.8 Å². The van der Waals surface area contributed by atoms with Crippen molar-refractivity contribution < 1.29 is 14.7 Å². The molecule has 0 fully saturated rings. The number of carboxylic acids is 1. The molecule has 0 aromatic rings. The van der Waals surface area contributed by atoms with Crippen LogP contribution >= 0.6 is 11.8 Å². The number of carbonyl (C=O) groups is 2. The molecule has 0 spiro atoms. The predicted molar refractivity (Wildman–Crippen MR) is 75.8 cm³/mol. The molecule has 106 valence electrons. The Morgan fingerprint density at radius 2 is 1.89 bits per heavy atom. The summed E-state index contributed by atoms with van der Waals surface area (Å²) in [6.07, 6.45) is 3.16. The molecule has 0 aliphatic carbocycles. The zero-order valence-electron chi connectivity index (χ0n) is 11.9. The van der Waals surface area contributed by atoms with Crippen LogP contribution in [0.25, 0.3) is 0 Å². The molecule has 0 rings (SSSR count). The second-order valence-corrected chi connectivity index (χ2v) is 6.77. The Balaban J connectivity index is 4.36. The van der Waals surface area contributed by atoms with Crippen molar-refractivity contribution in [1.29, 1.82) is 0 Å². The minimum Gasteiger partial charge on any atom is -0.480 e. The van der Waals surface area contributed by atoms with Crippen LogP contribution in [-0.4, -0.2) is 35.0 Å². The van der Waals surface area contributed by atoms with Gasteiger partial charge in [0.2, 0.25) is 5.91 Å². The van der Waals surface area contributed by atoms with Gasteiger partial charge in [-0.1, -0.05) is 27.7 Å². The molecule has 0 aromatic carbocycles. The quantitative estimate of drug-likeness (QED) is 0.748. The van der Waals surface area contributed by atoms with Crippen LogP contribution < -0.4 is 5.32 Å². The fourth-order valence-electron chi connectivity index (χ4n) is 1.47. The highest BCUT2D eigenvalue weighted by Crippen LogP contribution is 2.21. The van der Waals surface area contributed by atoms with E-state index in [0.717, 1.165) is 6.42 Å². The Morgan fingerprint density at radius 3 is 2.28 bits per heavy atom. The fraction of sp³-hybridized carbons (Fsp3) is 0.846. The van der Waals surface area contributed by atoms with Gasteiger partial charge in [0, 0.05) is 11.7 Å². The number of hydrogen-bond acceptors (Lipinski definition) is 3. The average Bonchev–Trinajstić information content (AvgIpc) is 2.22. The first-order chi connectivity index (χ1) is 8.17. The summed E-state index contributed by atoms with van der Waals surface area (Å²) < 4.78 is 0. The number of hydrogen-bond donors (Lipinski definition) is 2. The van der Waals surface area contributed by atoms with Crippen molar-refractivity contribution in [3.05, 3.63) is 0 Å². The Kier molecular flexibility index (Phi) is 7.36. The molecule has 4 nitrogen and oxygen atoms in total. The molecule has 2 N–H and O–H groups in total. The summed E-state index contributed by atoms with van der Waals surface area (Å²) in [6.45, 7) is 7.99. The average molecular weight is 275 g/mol. The minimum atomic E-state index is -0.955. The van der Waals surface area contributed by atoms with Crippen LogP contribution in [0.2, 0.25) is 0 Å². The maximum absolute atomic E-state index is 11.8. The predicted octanol–water partition coefficient (Wildman–Crippen LogP) is 2.38. The van der Waals surface area contributed by atoms with Crippen molar-refractivity contribution in [1.82, 2.24) is 5.32 Å². The van der Waals surface area contributed by atoms with Gasteiger partial charge in [-0.2, -0.15) is 11.8 Å². The van der Waals surface area contributed by atoms with Crippen LogP contribution in [0.3, 0.4) is 0 Å². The highest BCUT2D eigenvalue weighted by molar-refractivity contribution is 7.98. The lowest BCUT2D eigenvalue weighted by Crippen LogP contribution is -2.44. The molecule has 0 radical (unpaired) electrons. The SMILES string of the molecule is CSCC(C)C(=O)NC(CCC(C)(C)C)C(=O)O. The van der Waals surface area contributed by atoms with Crippen molar-refractivity contribution in [3.63, 3.8) is 0 Å². The number of thioether (sulfide) groups is 1. The van der Waals surface area contributed by atoms with Gasteiger partial charge in [0.25, 0.3) is 0 Å². The first-order valence-electron chi connectivity index (χ1n) is 6.19. The van der Waals surface area contributed by atoms with Gasteiger partial charge in [0.15, 0.2) is 0 Å². The van der Waals surface area contributed by atoms with Crippen molar-refractivity contribution in [3.8, 4) is 0 Å². The topological polar surface area (TPSA) is 66.4 Å². The summed E-state index contributed by atoms with van der Waals surface area (Å²) in [5.41, 5.74) is 0.0727. The van der Waals surface area contributed by atoms with Gasteiger partial charge in [0.05, 0.1) is 0 Å². The molecule has 0 aliphatic heterocycles. The van der Waals surface area contributed by atoms with E-state index in [0.29, 0.717) is 12.2 Å². The summed E-state index contributed by atoms with van der Waals surface area (Å²) in [5, 5.41) is 11.7. The number of rotatable bonds is 7. The summed E-state index contributed by atoms with van der Waals surface area (Å²) in [4.78, 5) is 22.9. The monoisotopic (exact) mass is 275 g/mol. The molecular weight excluding hydrogens is 250 g/mol. The minimum absolute atomic E-state index is 0.0727. The lowest BCUT2D eigenvalue weighted by molar-refractivity contribution is -0.142.